The van der Waals surface area contributed by atoms with Gasteiger partial charge in [-0.1, -0.05) is 47.0 Å². The van der Waals surface area contributed by atoms with E-state index in [1.165, 1.54) is 25.7 Å². The lowest BCUT2D eigenvalue weighted by Gasteiger charge is -2.16. The summed E-state index contributed by atoms with van der Waals surface area (Å²) in [6.45, 7) is 9.10. The van der Waals surface area contributed by atoms with E-state index in [2.05, 4.69) is 34.1 Å². The molecule has 0 saturated heterocycles. The van der Waals surface area contributed by atoms with Crippen molar-refractivity contribution in [3.05, 3.63) is 6.42 Å². The molecule has 0 nitrogen and oxygen atoms in total. The molecule has 0 aliphatic heterocycles. The van der Waals surface area contributed by atoms with Gasteiger partial charge in [-0.2, -0.15) is 0 Å². The molecule has 0 bridgehead atoms. The average molecular weight is 141 g/mol. The molecule has 0 aromatic carbocycles. The summed E-state index contributed by atoms with van der Waals surface area (Å²) in [6.07, 6.45) is 7.65. The second-order valence-corrected chi connectivity index (χ2v) is 4.20. The van der Waals surface area contributed by atoms with Gasteiger partial charge < -0.3 is 0 Å². The molecule has 0 heterocycles. The smallest absolute Gasteiger partial charge is 0.0380 e. The van der Waals surface area contributed by atoms with E-state index in [1.807, 2.05) is 0 Å². The van der Waals surface area contributed by atoms with E-state index < -0.39 is 0 Å². The minimum absolute atomic E-state index is 0.494. The normalized spacial score (nSPS) is 12.0. The molecule has 0 N–H and O–H groups in total. The quantitative estimate of drug-likeness (QED) is 0.522. The SMILES string of the molecule is CCCC[CH]CC(C)(C)C. The highest BCUT2D eigenvalue weighted by molar-refractivity contribution is 4.73. The van der Waals surface area contributed by atoms with Gasteiger partial charge in [0, 0.05) is 0 Å². The first-order valence-electron chi connectivity index (χ1n) is 4.38. The zero-order valence-electron chi connectivity index (χ0n) is 7.91. The zero-order valence-corrected chi connectivity index (χ0v) is 7.91. The Hall–Kier alpha value is 0. The third-order valence-corrected chi connectivity index (χ3v) is 1.52. The van der Waals surface area contributed by atoms with Gasteiger partial charge in [-0.05, 0) is 18.3 Å². The number of unbranched alkanes of at least 4 members (excludes halogenated alkanes) is 3. The standard InChI is InChI=1S/C10H21/c1-5-6-7-8-9-10(2,3)4/h8H,5-7,9H2,1-4H3. The van der Waals surface area contributed by atoms with E-state index >= 15 is 0 Å². The average Bonchev–Trinajstić information content (AvgIpc) is 1.78. The first-order valence-corrected chi connectivity index (χ1v) is 4.38. The fourth-order valence-electron chi connectivity index (χ4n) is 0.884. The summed E-state index contributed by atoms with van der Waals surface area (Å²) in [4.78, 5) is 0. The summed E-state index contributed by atoms with van der Waals surface area (Å²) in [5.41, 5.74) is 0.494. The molecule has 0 amide bonds. The van der Waals surface area contributed by atoms with Crippen molar-refractivity contribution in [2.75, 3.05) is 0 Å². The van der Waals surface area contributed by atoms with E-state index in [0.29, 0.717) is 5.41 Å². The molecule has 0 aromatic heterocycles. The molecular weight excluding hydrogens is 120 g/mol. The molecule has 61 valence electrons. The van der Waals surface area contributed by atoms with Gasteiger partial charge >= 0.3 is 0 Å². The first kappa shape index (κ1) is 10.0. The minimum Gasteiger partial charge on any atom is -0.0654 e. The maximum atomic E-state index is 2.42. The lowest BCUT2D eigenvalue weighted by Crippen LogP contribution is -2.04. The summed E-state index contributed by atoms with van der Waals surface area (Å²) in [5, 5.41) is 0. The van der Waals surface area contributed by atoms with E-state index in [-0.39, 0.29) is 0 Å². The van der Waals surface area contributed by atoms with E-state index in [0.717, 1.165) is 0 Å². The Balaban J connectivity index is 3.04. The van der Waals surface area contributed by atoms with Crippen LogP contribution in [-0.4, -0.2) is 0 Å². The number of hydrogen-bond acceptors (Lipinski definition) is 0. The van der Waals surface area contributed by atoms with Crippen molar-refractivity contribution in [2.45, 2.75) is 53.4 Å². The van der Waals surface area contributed by atoms with E-state index in [9.17, 15) is 0 Å². The van der Waals surface area contributed by atoms with Crippen LogP contribution in [-0.2, 0) is 0 Å². The molecule has 0 rings (SSSR count). The lowest BCUT2D eigenvalue weighted by atomic mass is 9.89. The molecule has 0 aromatic rings. The van der Waals surface area contributed by atoms with Crippen molar-refractivity contribution in [1.29, 1.82) is 0 Å². The van der Waals surface area contributed by atoms with Crippen molar-refractivity contribution in [2.24, 2.45) is 5.41 Å². The highest BCUT2D eigenvalue weighted by Crippen LogP contribution is 2.21. The van der Waals surface area contributed by atoms with Crippen LogP contribution in [0, 0.1) is 11.8 Å². The highest BCUT2D eigenvalue weighted by atomic mass is 14.1. The Kier molecular flexibility index (Phi) is 4.76. The molecule has 0 atom stereocenters. The molecule has 0 spiro atoms. The Bertz CT molecular complexity index is 66.6. The lowest BCUT2D eigenvalue weighted by molar-refractivity contribution is 0.399. The second-order valence-electron chi connectivity index (χ2n) is 4.20. The Morgan fingerprint density at radius 3 is 2.20 bits per heavy atom. The molecule has 0 saturated carbocycles. The van der Waals surface area contributed by atoms with Crippen LogP contribution in [0.25, 0.3) is 0 Å². The second kappa shape index (κ2) is 4.76. The van der Waals surface area contributed by atoms with Crippen LogP contribution in [0.2, 0.25) is 0 Å². The van der Waals surface area contributed by atoms with Crippen LogP contribution < -0.4 is 0 Å². The fraction of sp³-hybridized carbons (Fsp3) is 0.900. The van der Waals surface area contributed by atoms with Gasteiger partial charge in [-0.25, -0.2) is 0 Å². The van der Waals surface area contributed by atoms with Crippen molar-refractivity contribution in [3.8, 4) is 0 Å². The van der Waals surface area contributed by atoms with Crippen molar-refractivity contribution in [3.63, 3.8) is 0 Å². The topological polar surface area (TPSA) is 0 Å². The van der Waals surface area contributed by atoms with Gasteiger partial charge in [0.2, 0.25) is 0 Å². The highest BCUT2D eigenvalue weighted by Gasteiger charge is 2.08. The molecule has 0 aliphatic carbocycles. The zero-order chi connectivity index (χ0) is 8.04. The molecule has 1 radical (unpaired) electrons. The molecular formula is C10H21. The van der Waals surface area contributed by atoms with Crippen molar-refractivity contribution < 1.29 is 0 Å². The summed E-state index contributed by atoms with van der Waals surface area (Å²) in [7, 11) is 0. The van der Waals surface area contributed by atoms with Crippen LogP contribution in [0.4, 0.5) is 0 Å². The predicted molar refractivity (Wildman–Crippen MR) is 47.9 cm³/mol. The largest absolute Gasteiger partial charge is 0.0654 e. The summed E-state index contributed by atoms with van der Waals surface area (Å²) < 4.78 is 0. The fourth-order valence-corrected chi connectivity index (χ4v) is 0.884. The molecule has 0 unspecified atom stereocenters. The Labute approximate surface area is 66.0 Å². The van der Waals surface area contributed by atoms with E-state index in [1.54, 1.807) is 0 Å². The monoisotopic (exact) mass is 141 g/mol. The van der Waals surface area contributed by atoms with Crippen molar-refractivity contribution in [1.82, 2.24) is 0 Å². The molecule has 0 heteroatoms. The number of hydrogen-bond donors (Lipinski definition) is 0. The van der Waals surface area contributed by atoms with Gasteiger partial charge in [0.15, 0.2) is 0 Å². The number of rotatable bonds is 4. The minimum atomic E-state index is 0.494. The third kappa shape index (κ3) is 8.00. The van der Waals surface area contributed by atoms with Gasteiger partial charge in [-0.15, -0.1) is 0 Å². The summed E-state index contributed by atoms with van der Waals surface area (Å²) >= 11 is 0. The van der Waals surface area contributed by atoms with Crippen LogP contribution in [0.5, 0.6) is 0 Å². The van der Waals surface area contributed by atoms with Gasteiger partial charge in [0.05, 0.1) is 0 Å². The van der Waals surface area contributed by atoms with Crippen LogP contribution in [0.3, 0.4) is 0 Å². The van der Waals surface area contributed by atoms with Gasteiger partial charge in [-0.3, -0.25) is 0 Å². The molecule has 0 aliphatic rings. The first-order chi connectivity index (χ1) is 4.56. The Morgan fingerprint density at radius 1 is 1.20 bits per heavy atom. The molecule has 10 heavy (non-hydrogen) atoms. The van der Waals surface area contributed by atoms with Gasteiger partial charge in [0.25, 0.3) is 0 Å². The van der Waals surface area contributed by atoms with Gasteiger partial charge in [0.1, 0.15) is 0 Å². The van der Waals surface area contributed by atoms with Crippen LogP contribution in [0.15, 0.2) is 0 Å². The maximum Gasteiger partial charge on any atom is -0.0380 e. The predicted octanol–water partition coefficient (Wildman–Crippen LogP) is 3.82. The van der Waals surface area contributed by atoms with E-state index in [4.69, 9.17) is 0 Å². The third-order valence-electron chi connectivity index (χ3n) is 1.52. The van der Waals surface area contributed by atoms with Crippen LogP contribution in [0.1, 0.15) is 53.4 Å². The van der Waals surface area contributed by atoms with Crippen LogP contribution >= 0.6 is 0 Å². The Morgan fingerprint density at radius 2 is 1.80 bits per heavy atom. The maximum absolute atomic E-state index is 2.42. The summed E-state index contributed by atoms with van der Waals surface area (Å²) in [5.74, 6) is 0. The van der Waals surface area contributed by atoms with Crippen molar-refractivity contribution >= 4 is 0 Å². The molecule has 0 fully saturated rings. The summed E-state index contributed by atoms with van der Waals surface area (Å²) in [6, 6.07) is 0.